The monoisotopic (exact) mass is 400 g/mol. The van der Waals surface area contributed by atoms with Gasteiger partial charge in [0.2, 0.25) is 11.7 Å². The predicted molar refractivity (Wildman–Crippen MR) is 109 cm³/mol. The molecule has 0 fully saturated rings. The Labute approximate surface area is 168 Å². The van der Waals surface area contributed by atoms with Crippen LogP contribution < -0.4 is 15.0 Å². The van der Waals surface area contributed by atoms with Gasteiger partial charge >= 0.3 is 0 Å². The Bertz CT molecular complexity index is 879. The van der Waals surface area contributed by atoms with E-state index in [0.29, 0.717) is 28.3 Å². The molecule has 0 bridgehead atoms. The zero-order valence-corrected chi connectivity index (χ0v) is 17.0. The van der Waals surface area contributed by atoms with Gasteiger partial charge in [-0.05, 0) is 49.4 Å². The molecule has 0 saturated heterocycles. The molecule has 2 aromatic rings. The molecule has 2 atom stereocenters. The van der Waals surface area contributed by atoms with E-state index in [4.69, 9.17) is 4.74 Å². The summed E-state index contributed by atoms with van der Waals surface area (Å²) in [5.74, 6) is -0.118. The van der Waals surface area contributed by atoms with Gasteiger partial charge < -0.3 is 10.1 Å². The van der Waals surface area contributed by atoms with Gasteiger partial charge in [0.1, 0.15) is 12.3 Å². The van der Waals surface area contributed by atoms with Crippen LogP contribution in [-0.4, -0.2) is 36.3 Å². The standard InChI is InChI=1S/C21H24N2O4S/c1-4-13(3)22-19(24)12-23-15-11-14(20(25)18-7-6-10-28-18)8-9-17(15)27-16(5-2)21(23)26/h6-11,13,16H,4-5,12H2,1-3H3,(H,22,24)/t13-,16-/m1/s1. The largest absolute Gasteiger partial charge is 0.478 e. The maximum atomic E-state index is 12.9. The molecular formula is C21H24N2O4S. The van der Waals surface area contributed by atoms with Crippen LogP contribution in [0.2, 0.25) is 0 Å². The number of nitrogens with one attached hydrogen (secondary N) is 1. The maximum Gasteiger partial charge on any atom is 0.268 e. The molecule has 0 spiro atoms. The minimum Gasteiger partial charge on any atom is -0.478 e. The van der Waals surface area contributed by atoms with E-state index in [1.165, 1.54) is 16.2 Å². The lowest BCUT2D eigenvalue weighted by atomic mass is 10.0. The predicted octanol–water partition coefficient (Wildman–Crippen LogP) is 3.40. The zero-order chi connectivity index (χ0) is 20.3. The maximum absolute atomic E-state index is 12.9. The third-order valence-corrected chi connectivity index (χ3v) is 5.63. The number of rotatable bonds is 7. The normalized spacial score (nSPS) is 16.9. The summed E-state index contributed by atoms with van der Waals surface area (Å²) >= 11 is 1.36. The first kappa shape index (κ1) is 20.1. The van der Waals surface area contributed by atoms with Gasteiger partial charge in [0.15, 0.2) is 6.10 Å². The van der Waals surface area contributed by atoms with Gasteiger partial charge in [-0.15, -0.1) is 11.3 Å². The Hall–Kier alpha value is -2.67. The minimum atomic E-state index is -0.636. The van der Waals surface area contributed by atoms with Crippen LogP contribution in [-0.2, 0) is 9.59 Å². The highest BCUT2D eigenvalue weighted by Gasteiger charge is 2.35. The molecule has 148 valence electrons. The lowest BCUT2D eigenvalue weighted by Crippen LogP contribution is -2.50. The number of carbonyl (C=O) groups excluding carboxylic acids is 3. The fourth-order valence-electron chi connectivity index (χ4n) is 3.00. The molecule has 3 rings (SSSR count). The van der Waals surface area contributed by atoms with Crippen molar-refractivity contribution in [3.8, 4) is 5.75 Å². The van der Waals surface area contributed by atoms with Crippen molar-refractivity contribution < 1.29 is 19.1 Å². The van der Waals surface area contributed by atoms with Crippen LogP contribution in [0.1, 0.15) is 48.8 Å². The average Bonchev–Trinajstić information content (AvgIpc) is 3.23. The number of nitrogens with zero attached hydrogens (tertiary/aromatic N) is 1. The van der Waals surface area contributed by atoms with Crippen molar-refractivity contribution in [2.75, 3.05) is 11.4 Å². The smallest absolute Gasteiger partial charge is 0.268 e. The van der Waals surface area contributed by atoms with Gasteiger partial charge in [-0.3, -0.25) is 19.3 Å². The summed E-state index contributed by atoms with van der Waals surface area (Å²) in [4.78, 5) is 40.0. The van der Waals surface area contributed by atoms with Crippen LogP contribution in [0.3, 0.4) is 0 Å². The SMILES string of the molecule is CC[C@@H](C)NC(=O)CN1C(=O)[C@@H](CC)Oc2ccc(C(=O)c3cccs3)cc21. The molecule has 0 radical (unpaired) electrons. The molecule has 1 aromatic heterocycles. The lowest BCUT2D eigenvalue weighted by Gasteiger charge is -2.34. The van der Waals surface area contributed by atoms with Gasteiger partial charge in [-0.2, -0.15) is 0 Å². The van der Waals surface area contributed by atoms with Crippen LogP contribution in [0.5, 0.6) is 5.75 Å². The number of ketones is 1. The molecule has 0 aliphatic carbocycles. The second kappa shape index (κ2) is 8.56. The van der Waals surface area contributed by atoms with E-state index in [1.807, 2.05) is 32.2 Å². The Kier molecular flexibility index (Phi) is 6.14. The Morgan fingerprint density at radius 3 is 2.71 bits per heavy atom. The Morgan fingerprint density at radius 1 is 1.29 bits per heavy atom. The third kappa shape index (κ3) is 4.09. The van der Waals surface area contributed by atoms with Crippen molar-refractivity contribution in [1.82, 2.24) is 5.32 Å². The van der Waals surface area contributed by atoms with Crippen molar-refractivity contribution in [1.29, 1.82) is 0 Å². The molecule has 1 aliphatic heterocycles. The number of carbonyl (C=O) groups is 3. The molecular weight excluding hydrogens is 376 g/mol. The Morgan fingerprint density at radius 2 is 2.07 bits per heavy atom. The van der Waals surface area contributed by atoms with Crippen LogP contribution >= 0.6 is 11.3 Å². The van der Waals surface area contributed by atoms with E-state index in [1.54, 1.807) is 24.3 Å². The van der Waals surface area contributed by atoms with Crippen LogP contribution in [0.25, 0.3) is 0 Å². The van der Waals surface area contributed by atoms with Crippen molar-refractivity contribution in [3.05, 3.63) is 46.2 Å². The van der Waals surface area contributed by atoms with Gasteiger partial charge in [-0.1, -0.05) is 19.9 Å². The molecule has 7 heteroatoms. The summed E-state index contributed by atoms with van der Waals surface area (Å²) in [6.45, 7) is 5.65. The molecule has 0 unspecified atom stereocenters. The second-order valence-corrected chi connectivity index (χ2v) is 7.75. The first-order valence-corrected chi connectivity index (χ1v) is 10.3. The number of thiophene rings is 1. The summed E-state index contributed by atoms with van der Waals surface area (Å²) < 4.78 is 5.80. The molecule has 2 heterocycles. The fourth-order valence-corrected chi connectivity index (χ4v) is 3.69. The zero-order valence-electron chi connectivity index (χ0n) is 16.2. The molecule has 1 N–H and O–H groups in total. The summed E-state index contributed by atoms with van der Waals surface area (Å²) in [6.07, 6.45) is 0.663. The minimum absolute atomic E-state index is 0.0248. The summed E-state index contributed by atoms with van der Waals surface area (Å²) in [5.41, 5.74) is 0.913. The van der Waals surface area contributed by atoms with E-state index < -0.39 is 6.10 Å². The first-order valence-electron chi connectivity index (χ1n) is 9.44. The summed E-state index contributed by atoms with van der Waals surface area (Å²) in [6, 6.07) is 8.64. The molecule has 1 aromatic carbocycles. The van der Waals surface area contributed by atoms with Crippen LogP contribution in [0.4, 0.5) is 5.69 Å². The summed E-state index contributed by atoms with van der Waals surface area (Å²) in [7, 11) is 0. The fraction of sp³-hybridized carbons (Fsp3) is 0.381. The highest BCUT2D eigenvalue weighted by Crippen LogP contribution is 2.36. The van der Waals surface area contributed by atoms with E-state index in [2.05, 4.69) is 5.32 Å². The van der Waals surface area contributed by atoms with E-state index in [0.717, 1.165) is 6.42 Å². The highest BCUT2D eigenvalue weighted by molar-refractivity contribution is 7.12. The highest BCUT2D eigenvalue weighted by atomic mass is 32.1. The van der Waals surface area contributed by atoms with Crippen molar-refractivity contribution in [2.45, 2.75) is 45.8 Å². The number of fused-ring (bicyclic) bond motifs is 1. The van der Waals surface area contributed by atoms with Crippen LogP contribution in [0.15, 0.2) is 35.7 Å². The van der Waals surface area contributed by atoms with Gasteiger partial charge in [-0.25, -0.2) is 0 Å². The molecule has 0 saturated carbocycles. The quantitative estimate of drug-likeness (QED) is 0.723. The number of anilines is 1. The van der Waals surface area contributed by atoms with Crippen molar-refractivity contribution in [3.63, 3.8) is 0 Å². The summed E-state index contributed by atoms with van der Waals surface area (Å²) in [5, 5.41) is 4.72. The lowest BCUT2D eigenvalue weighted by molar-refractivity contribution is -0.129. The van der Waals surface area contributed by atoms with Gasteiger partial charge in [0, 0.05) is 11.6 Å². The topological polar surface area (TPSA) is 75.7 Å². The molecule has 2 amide bonds. The Balaban J connectivity index is 1.93. The number of hydrogen-bond acceptors (Lipinski definition) is 5. The average molecular weight is 401 g/mol. The molecule has 1 aliphatic rings. The van der Waals surface area contributed by atoms with Gasteiger partial charge in [0.05, 0.1) is 10.6 Å². The van der Waals surface area contributed by atoms with E-state index in [-0.39, 0.29) is 30.2 Å². The van der Waals surface area contributed by atoms with Crippen LogP contribution in [0, 0.1) is 0 Å². The number of amides is 2. The van der Waals surface area contributed by atoms with E-state index in [9.17, 15) is 14.4 Å². The molecule has 6 nitrogen and oxygen atoms in total. The number of ether oxygens (including phenoxy) is 1. The number of hydrogen-bond donors (Lipinski definition) is 1. The second-order valence-electron chi connectivity index (χ2n) is 6.80. The first-order chi connectivity index (χ1) is 13.4. The van der Waals surface area contributed by atoms with Gasteiger partial charge in [0.25, 0.3) is 5.91 Å². The third-order valence-electron chi connectivity index (χ3n) is 4.76. The van der Waals surface area contributed by atoms with E-state index >= 15 is 0 Å². The molecule has 28 heavy (non-hydrogen) atoms. The van der Waals surface area contributed by atoms with Crippen molar-refractivity contribution in [2.24, 2.45) is 0 Å². The van der Waals surface area contributed by atoms with Crippen molar-refractivity contribution >= 4 is 34.6 Å². The number of benzene rings is 1.